The molecule has 4 rings (SSSR count). The average Bonchev–Trinajstić information content (AvgIpc) is 3.23. The van der Waals surface area contributed by atoms with Gasteiger partial charge in [-0.15, -0.1) is 0 Å². The number of anilines is 1. The first-order chi connectivity index (χ1) is 12.1. The normalized spacial score (nSPS) is 11.0. The number of rotatable bonds is 3. The maximum atomic E-state index is 14.3. The molecule has 0 saturated carbocycles. The molecule has 0 spiro atoms. The maximum Gasteiger partial charge on any atom is 0.223 e. The van der Waals surface area contributed by atoms with Crippen LogP contribution in [-0.4, -0.2) is 20.3 Å². The number of halogens is 1. The zero-order chi connectivity index (χ0) is 17.4. The summed E-state index contributed by atoms with van der Waals surface area (Å²) in [7, 11) is 0. The number of fused-ring (bicyclic) bond motifs is 1. The first-order valence-electron chi connectivity index (χ1n) is 7.57. The molecular weight excluding hydrogens is 339 g/mol. The molecule has 0 saturated heterocycles. The minimum atomic E-state index is -0.298. The molecule has 0 aliphatic rings. The molecule has 1 amide bonds. The van der Waals surface area contributed by atoms with Crippen LogP contribution in [0, 0.1) is 5.82 Å². The Bertz CT molecular complexity index is 1090. The van der Waals surface area contributed by atoms with Crippen LogP contribution in [0.15, 0.2) is 55.1 Å². The van der Waals surface area contributed by atoms with Gasteiger partial charge in [-0.05, 0) is 12.1 Å². The van der Waals surface area contributed by atoms with Crippen LogP contribution in [-0.2, 0) is 4.79 Å². The average molecular weight is 352 g/mol. The van der Waals surface area contributed by atoms with Crippen molar-refractivity contribution in [3.63, 3.8) is 0 Å². The molecule has 0 atom stereocenters. The molecule has 3 heterocycles. The molecule has 4 aromatic rings. The zero-order valence-corrected chi connectivity index (χ0v) is 14.0. The second-order valence-corrected chi connectivity index (χ2v) is 6.52. The molecule has 0 radical (unpaired) electrons. The van der Waals surface area contributed by atoms with E-state index >= 15 is 0 Å². The largest absolute Gasteiger partial charge is 0.306 e. The quantitative estimate of drug-likeness (QED) is 0.600. The summed E-state index contributed by atoms with van der Waals surface area (Å²) in [6.45, 7) is 1.44. The minimum absolute atomic E-state index is 0.169. The van der Waals surface area contributed by atoms with Gasteiger partial charge in [0.15, 0.2) is 5.13 Å². The lowest BCUT2D eigenvalue weighted by atomic mass is 10.0. The van der Waals surface area contributed by atoms with Crippen molar-refractivity contribution >= 4 is 28.0 Å². The number of aromatic nitrogens is 3. The summed E-state index contributed by atoms with van der Waals surface area (Å²) in [6.07, 6.45) is 7.11. The van der Waals surface area contributed by atoms with Gasteiger partial charge in [0.25, 0.3) is 0 Å². The van der Waals surface area contributed by atoms with E-state index in [2.05, 4.69) is 15.3 Å². The van der Waals surface area contributed by atoms with Crippen molar-refractivity contribution in [2.45, 2.75) is 6.92 Å². The lowest BCUT2D eigenvalue weighted by molar-refractivity contribution is -0.114. The van der Waals surface area contributed by atoms with Crippen molar-refractivity contribution in [3.8, 4) is 21.6 Å². The van der Waals surface area contributed by atoms with Crippen molar-refractivity contribution in [1.29, 1.82) is 0 Å². The molecule has 0 aliphatic carbocycles. The highest BCUT2D eigenvalue weighted by molar-refractivity contribution is 7.19. The van der Waals surface area contributed by atoms with Crippen LogP contribution in [0.3, 0.4) is 0 Å². The standard InChI is InChI=1S/C18H13FN4OS/c1-11(24)22-18-21-9-16(25-18)12-8-14(13-4-2-3-5-15(13)19)17-20-6-7-23(17)10-12/h2-10H,1H3,(H,21,22,24). The predicted octanol–water partition coefficient (Wildman–Crippen LogP) is 4.22. The Morgan fingerprint density at radius 2 is 2.08 bits per heavy atom. The number of hydrogen-bond acceptors (Lipinski definition) is 4. The van der Waals surface area contributed by atoms with E-state index in [1.165, 1.54) is 24.3 Å². The van der Waals surface area contributed by atoms with Gasteiger partial charge in [-0.1, -0.05) is 29.5 Å². The number of carbonyl (C=O) groups excluding carboxylic acids is 1. The third kappa shape index (κ3) is 2.89. The Morgan fingerprint density at radius 3 is 2.88 bits per heavy atom. The molecule has 5 nitrogen and oxygen atoms in total. The van der Waals surface area contributed by atoms with Crippen LogP contribution in [0.4, 0.5) is 9.52 Å². The van der Waals surface area contributed by atoms with Gasteiger partial charge in [-0.3, -0.25) is 4.79 Å². The molecule has 7 heteroatoms. The highest BCUT2D eigenvalue weighted by Crippen LogP contribution is 2.34. The van der Waals surface area contributed by atoms with E-state index in [-0.39, 0.29) is 11.7 Å². The summed E-state index contributed by atoms with van der Waals surface area (Å²) >= 11 is 1.36. The fourth-order valence-electron chi connectivity index (χ4n) is 2.66. The molecule has 25 heavy (non-hydrogen) atoms. The lowest BCUT2D eigenvalue weighted by Gasteiger charge is -2.08. The van der Waals surface area contributed by atoms with Crippen LogP contribution < -0.4 is 5.32 Å². The second-order valence-electron chi connectivity index (χ2n) is 5.49. The third-order valence-corrected chi connectivity index (χ3v) is 4.69. The van der Waals surface area contributed by atoms with E-state index in [1.54, 1.807) is 30.6 Å². The maximum absolute atomic E-state index is 14.3. The van der Waals surface area contributed by atoms with Crippen LogP contribution in [0.25, 0.3) is 27.2 Å². The first-order valence-corrected chi connectivity index (χ1v) is 8.39. The van der Waals surface area contributed by atoms with E-state index in [0.29, 0.717) is 21.9 Å². The van der Waals surface area contributed by atoms with Crippen molar-refractivity contribution in [1.82, 2.24) is 14.4 Å². The predicted molar refractivity (Wildman–Crippen MR) is 96.0 cm³/mol. The molecule has 3 aromatic heterocycles. The smallest absolute Gasteiger partial charge is 0.223 e. The fourth-order valence-corrected chi connectivity index (χ4v) is 3.50. The van der Waals surface area contributed by atoms with Crippen molar-refractivity contribution in [3.05, 3.63) is 60.9 Å². The first kappa shape index (κ1) is 15.5. The molecule has 124 valence electrons. The van der Waals surface area contributed by atoms with Gasteiger partial charge in [-0.25, -0.2) is 14.4 Å². The van der Waals surface area contributed by atoms with Gasteiger partial charge < -0.3 is 9.72 Å². The van der Waals surface area contributed by atoms with Gasteiger partial charge in [-0.2, -0.15) is 0 Å². The Labute approximate surface area is 146 Å². The molecule has 0 unspecified atom stereocenters. The van der Waals surface area contributed by atoms with E-state index < -0.39 is 0 Å². The number of benzene rings is 1. The number of pyridine rings is 1. The summed E-state index contributed by atoms with van der Waals surface area (Å²) in [4.78, 5) is 20.6. The number of imidazole rings is 1. The molecule has 1 N–H and O–H groups in total. The Morgan fingerprint density at radius 1 is 1.24 bits per heavy atom. The van der Waals surface area contributed by atoms with Gasteiger partial charge in [0.2, 0.25) is 5.91 Å². The summed E-state index contributed by atoms with van der Waals surface area (Å²) in [5.41, 5.74) is 2.75. The number of thiazole rings is 1. The van der Waals surface area contributed by atoms with E-state index in [1.807, 2.05) is 22.9 Å². The summed E-state index contributed by atoms with van der Waals surface area (Å²) in [5.74, 6) is -0.467. The Hall–Kier alpha value is -3.06. The number of nitrogens with zero attached hydrogens (tertiary/aromatic N) is 3. The lowest BCUT2D eigenvalue weighted by Crippen LogP contribution is -2.04. The fraction of sp³-hybridized carbons (Fsp3) is 0.0556. The number of hydrogen-bond donors (Lipinski definition) is 1. The van der Waals surface area contributed by atoms with Gasteiger partial charge in [0, 0.05) is 48.4 Å². The second kappa shape index (κ2) is 6.10. The van der Waals surface area contributed by atoms with Crippen molar-refractivity contribution in [2.75, 3.05) is 5.32 Å². The third-order valence-electron chi connectivity index (χ3n) is 3.72. The molecule has 1 aromatic carbocycles. The zero-order valence-electron chi connectivity index (χ0n) is 13.2. The van der Waals surface area contributed by atoms with Crippen LogP contribution in [0.1, 0.15) is 6.92 Å². The SMILES string of the molecule is CC(=O)Nc1ncc(-c2cc(-c3ccccc3F)c3nccn3c2)s1. The van der Waals surface area contributed by atoms with Crippen molar-refractivity contribution in [2.24, 2.45) is 0 Å². The van der Waals surface area contributed by atoms with Crippen LogP contribution in [0.2, 0.25) is 0 Å². The van der Waals surface area contributed by atoms with Gasteiger partial charge in [0.05, 0.1) is 4.88 Å². The summed E-state index contributed by atoms with van der Waals surface area (Å²) in [5, 5.41) is 3.20. The topological polar surface area (TPSA) is 59.3 Å². The van der Waals surface area contributed by atoms with E-state index in [4.69, 9.17) is 0 Å². The van der Waals surface area contributed by atoms with Gasteiger partial charge >= 0.3 is 0 Å². The highest BCUT2D eigenvalue weighted by Gasteiger charge is 2.14. The van der Waals surface area contributed by atoms with Crippen molar-refractivity contribution < 1.29 is 9.18 Å². The Balaban J connectivity index is 1.88. The number of amides is 1. The van der Waals surface area contributed by atoms with E-state index in [0.717, 1.165) is 10.4 Å². The number of nitrogens with one attached hydrogen (secondary N) is 1. The van der Waals surface area contributed by atoms with Crippen LogP contribution in [0.5, 0.6) is 0 Å². The highest BCUT2D eigenvalue weighted by atomic mass is 32.1. The molecule has 0 aliphatic heterocycles. The van der Waals surface area contributed by atoms with Gasteiger partial charge in [0.1, 0.15) is 11.5 Å². The van der Waals surface area contributed by atoms with E-state index in [9.17, 15) is 9.18 Å². The Kier molecular flexibility index (Phi) is 3.77. The summed E-state index contributed by atoms with van der Waals surface area (Å²) < 4.78 is 16.2. The number of carbonyl (C=O) groups is 1. The molecule has 0 fully saturated rings. The molecular formula is C18H13FN4OS. The van der Waals surface area contributed by atoms with Crippen LogP contribution >= 0.6 is 11.3 Å². The minimum Gasteiger partial charge on any atom is -0.306 e. The summed E-state index contributed by atoms with van der Waals surface area (Å²) in [6, 6.07) is 8.52. The molecule has 0 bridgehead atoms. The monoisotopic (exact) mass is 352 g/mol.